The van der Waals surface area contributed by atoms with E-state index in [1.54, 1.807) is 19.2 Å². The molecule has 138 valence electrons. The summed E-state index contributed by atoms with van der Waals surface area (Å²) in [4.78, 5) is 15.9. The van der Waals surface area contributed by atoms with E-state index < -0.39 is 0 Å². The van der Waals surface area contributed by atoms with Gasteiger partial charge in [0.15, 0.2) is 0 Å². The zero-order valence-electron chi connectivity index (χ0n) is 14.7. The van der Waals surface area contributed by atoms with Gasteiger partial charge in [0, 0.05) is 29.5 Å². The fraction of sp³-hybridized carbons (Fsp3) is 0.400. The normalized spacial score (nSPS) is 16.6. The van der Waals surface area contributed by atoms with Crippen molar-refractivity contribution < 1.29 is 18.7 Å². The zero-order valence-corrected chi connectivity index (χ0v) is 15.6. The molecule has 1 unspecified atom stereocenters. The second-order valence-electron chi connectivity index (χ2n) is 6.26. The van der Waals surface area contributed by atoms with Crippen LogP contribution >= 0.6 is 11.8 Å². The second kappa shape index (κ2) is 9.14. The number of thioether (sulfide) groups is 1. The van der Waals surface area contributed by atoms with Crippen molar-refractivity contribution in [3.8, 4) is 17.0 Å². The van der Waals surface area contributed by atoms with E-state index in [1.807, 2.05) is 18.2 Å². The maximum absolute atomic E-state index is 14.5. The van der Waals surface area contributed by atoms with E-state index in [0.717, 1.165) is 29.7 Å². The molecule has 2 aromatic rings. The molecule has 1 atom stereocenters. The third-order valence-corrected chi connectivity index (χ3v) is 5.25. The topological polar surface area (TPSA) is 48.4 Å². The summed E-state index contributed by atoms with van der Waals surface area (Å²) in [6.07, 6.45) is 3.79. The van der Waals surface area contributed by atoms with Crippen LogP contribution in [0.2, 0.25) is 0 Å². The summed E-state index contributed by atoms with van der Waals surface area (Å²) >= 11 is 1.43. The third kappa shape index (κ3) is 5.05. The molecule has 1 aromatic heterocycles. The summed E-state index contributed by atoms with van der Waals surface area (Å²) in [5.74, 6) is 1.12. The molecule has 1 saturated heterocycles. The Morgan fingerprint density at radius 3 is 3.04 bits per heavy atom. The van der Waals surface area contributed by atoms with E-state index >= 15 is 0 Å². The highest BCUT2D eigenvalue weighted by molar-refractivity contribution is 7.99. The molecule has 2 heterocycles. The summed E-state index contributed by atoms with van der Waals surface area (Å²) in [6, 6.07) is 8.87. The van der Waals surface area contributed by atoms with Crippen LogP contribution in [0.3, 0.4) is 0 Å². The van der Waals surface area contributed by atoms with Gasteiger partial charge >= 0.3 is 0 Å². The number of pyridine rings is 1. The lowest BCUT2D eigenvalue weighted by atomic mass is 10.1. The number of hydrogen-bond donors (Lipinski definition) is 0. The molecule has 6 heteroatoms. The molecule has 1 aliphatic heterocycles. The molecule has 0 bridgehead atoms. The maximum atomic E-state index is 14.5. The predicted molar refractivity (Wildman–Crippen MR) is 100 cm³/mol. The molecular weight excluding hydrogens is 353 g/mol. The minimum absolute atomic E-state index is 0.00963. The van der Waals surface area contributed by atoms with Crippen molar-refractivity contribution >= 4 is 17.5 Å². The van der Waals surface area contributed by atoms with Gasteiger partial charge in [-0.3, -0.25) is 0 Å². The molecule has 0 amide bonds. The molecule has 1 fully saturated rings. The molecule has 0 aliphatic carbocycles. The molecule has 3 rings (SSSR count). The number of rotatable bonds is 8. The van der Waals surface area contributed by atoms with E-state index in [4.69, 9.17) is 9.47 Å². The largest absolute Gasteiger partial charge is 0.471 e. The number of ketones is 1. The highest BCUT2D eigenvalue weighted by atomic mass is 32.2. The highest BCUT2D eigenvalue weighted by Crippen LogP contribution is 2.32. The smallest absolute Gasteiger partial charge is 0.221 e. The van der Waals surface area contributed by atoms with E-state index in [-0.39, 0.29) is 17.7 Å². The van der Waals surface area contributed by atoms with Gasteiger partial charge in [-0.25, -0.2) is 9.37 Å². The van der Waals surface area contributed by atoms with Crippen molar-refractivity contribution in [1.82, 2.24) is 4.98 Å². The Balaban J connectivity index is 1.71. The van der Waals surface area contributed by atoms with Crippen LogP contribution in [0.15, 0.2) is 41.4 Å². The van der Waals surface area contributed by atoms with Gasteiger partial charge in [-0.2, -0.15) is 0 Å². The molecule has 0 radical (unpaired) electrons. The van der Waals surface area contributed by atoms with Gasteiger partial charge in [0.05, 0.1) is 13.2 Å². The zero-order chi connectivity index (χ0) is 18.4. The number of aromatic nitrogens is 1. The number of benzene rings is 1. The summed E-state index contributed by atoms with van der Waals surface area (Å²) in [5, 5.41) is 0. The van der Waals surface area contributed by atoms with Crippen LogP contribution in [0.4, 0.5) is 4.39 Å². The van der Waals surface area contributed by atoms with Crippen LogP contribution < -0.4 is 4.74 Å². The average molecular weight is 375 g/mol. The van der Waals surface area contributed by atoms with E-state index in [0.29, 0.717) is 30.4 Å². The summed E-state index contributed by atoms with van der Waals surface area (Å²) in [7, 11) is 0. The second-order valence-corrected chi connectivity index (χ2v) is 7.40. The van der Waals surface area contributed by atoms with Crippen LogP contribution in [0.25, 0.3) is 11.1 Å². The van der Waals surface area contributed by atoms with E-state index in [2.05, 4.69) is 4.98 Å². The lowest BCUT2D eigenvalue weighted by molar-refractivity contribution is -0.117. The average Bonchev–Trinajstić information content (AvgIpc) is 3.13. The number of Topliss-reactive ketones (excluding diaryl/α,β-unsaturated/α-hetero) is 1. The fourth-order valence-corrected chi connectivity index (χ4v) is 3.63. The van der Waals surface area contributed by atoms with Crippen molar-refractivity contribution in [2.75, 3.05) is 19.0 Å². The molecule has 4 nitrogen and oxygen atoms in total. The van der Waals surface area contributed by atoms with Crippen LogP contribution in [0.1, 0.15) is 26.2 Å². The lowest BCUT2D eigenvalue weighted by Gasteiger charge is -2.14. The summed E-state index contributed by atoms with van der Waals surface area (Å²) in [5.41, 5.74) is 1.50. The summed E-state index contributed by atoms with van der Waals surface area (Å²) < 4.78 is 25.8. The Bertz CT molecular complexity index is 762. The quantitative estimate of drug-likeness (QED) is 0.502. The van der Waals surface area contributed by atoms with Gasteiger partial charge in [0.1, 0.15) is 17.7 Å². The highest BCUT2D eigenvalue weighted by Gasteiger charge is 2.20. The van der Waals surface area contributed by atoms with Crippen LogP contribution in [0, 0.1) is 5.82 Å². The standard InChI is InChI=1S/C20H22FNO3S/c1-14(23)4-3-11-26-19-7-6-15(12-18(19)21)17-5-2-9-22-20(17)25-16-8-10-24-13-16/h2,5-7,9,12,16H,3-4,8,10-11,13H2,1H3. The molecule has 0 spiro atoms. The molecule has 26 heavy (non-hydrogen) atoms. The van der Waals surface area contributed by atoms with Crippen molar-refractivity contribution in [2.45, 2.75) is 37.2 Å². The SMILES string of the molecule is CC(=O)CCCSc1ccc(-c2cccnc2OC2CCOC2)cc1F. The number of halogens is 1. The first-order valence-electron chi connectivity index (χ1n) is 8.75. The number of hydrogen-bond acceptors (Lipinski definition) is 5. The van der Waals surface area contributed by atoms with Crippen LogP contribution in [0.5, 0.6) is 5.88 Å². The lowest BCUT2D eigenvalue weighted by Crippen LogP contribution is -2.16. The molecular formula is C20H22FNO3S. The van der Waals surface area contributed by atoms with Gasteiger partial charge in [0.25, 0.3) is 0 Å². The van der Waals surface area contributed by atoms with Gasteiger partial charge < -0.3 is 14.3 Å². The molecule has 1 aliphatic rings. The van der Waals surface area contributed by atoms with Gasteiger partial charge in [0.2, 0.25) is 5.88 Å². The van der Waals surface area contributed by atoms with Crippen molar-refractivity contribution in [3.05, 3.63) is 42.3 Å². The first-order valence-corrected chi connectivity index (χ1v) is 9.73. The van der Waals surface area contributed by atoms with Gasteiger partial charge in [-0.15, -0.1) is 11.8 Å². The van der Waals surface area contributed by atoms with Crippen LogP contribution in [-0.2, 0) is 9.53 Å². The van der Waals surface area contributed by atoms with Crippen molar-refractivity contribution in [1.29, 1.82) is 0 Å². The Morgan fingerprint density at radius 1 is 1.42 bits per heavy atom. The number of ether oxygens (including phenoxy) is 2. The number of carbonyl (C=O) groups is 1. The molecule has 1 aromatic carbocycles. The minimum atomic E-state index is -0.269. The Morgan fingerprint density at radius 2 is 2.31 bits per heavy atom. The fourth-order valence-electron chi connectivity index (χ4n) is 2.76. The van der Waals surface area contributed by atoms with Crippen molar-refractivity contribution in [2.24, 2.45) is 0 Å². The maximum Gasteiger partial charge on any atom is 0.221 e. The third-order valence-electron chi connectivity index (χ3n) is 4.11. The number of nitrogens with zero attached hydrogens (tertiary/aromatic N) is 1. The first kappa shape index (κ1) is 18.9. The molecule has 0 saturated carbocycles. The first-order chi connectivity index (χ1) is 12.6. The monoisotopic (exact) mass is 375 g/mol. The molecule has 0 N–H and O–H groups in total. The van der Waals surface area contributed by atoms with E-state index in [1.165, 1.54) is 17.8 Å². The van der Waals surface area contributed by atoms with Crippen LogP contribution in [-0.4, -0.2) is 35.8 Å². The summed E-state index contributed by atoms with van der Waals surface area (Å²) in [6.45, 7) is 2.82. The number of carbonyl (C=O) groups excluding carboxylic acids is 1. The van der Waals surface area contributed by atoms with Gasteiger partial charge in [-0.1, -0.05) is 6.07 Å². The van der Waals surface area contributed by atoms with Crippen molar-refractivity contribution in [3.63, 3.8) is 0 Å². The Kier molecular flexibility index (Phi) is 6.63. The van der Waals surface area contributed by atoms with E-state index in [9.17, 15) is 9.18 Å². The Labute approximate surface area is 157 Å². The van der Waals surface area contributed by atoms with Gasteiger partial charge in [-0.05, 0) is 48.9 Å². The minimum Gasteiger partial charge on any atom is -0.471 e. The Hall–Kier alpha value is -1.92. The predicted octanol–water partition coefficient (Wildman–Crippen LogP) is 4.52.